The zero-order chi connectivity index (χ0) is 27.3. The summed E-state index contributed by atoms with van der Waals surface area (Å²) in [6.07, 6.45) is 0. The molecule has 4 rings (SSSR count). The molecule has 0 spiro atoms. The zero-order valence-corrected chi connectivity index (χ0v) is 22.7. The van der Waals surface area contributed by atoms with Crippen LogP contribution in [0.25, 0.3) is 5.69 Å². The van der Waals surface area contributed by atoms with E-state index in [1.807, 2.05) is 98.8 Å². The summed E-state index contributed by atoms with van der Waals surface area (Å²) in [6, 6.07) is 26.7. The van der Waals surface area contributed by atoms with Gasteiger partial charge in [-0.15, -0.1) is 0 Å². The largest absolute Gasteiger partial charge is 0.322 e. The van der Waals surface area contributed by atoms with E-state index in [4.69, 9.17) is 5.10 Å². The van der Waals surface area contributed by atoms with Crippen molar-refractivity contribution in [3.63, 3.8) is 0 Å². The SMILES string of the molecule is Cc1ccc(-n2nc(C(C)(C)C)cc2NC(=O)CN(Cc2ccccc2)C(=O)Nc2ccccc2C)cc1. The van der Waals surface area contributed by atoms with Crippen LogP contribution in [0, 0.1) is 13.8 Å². The van der Waals surface area contributed by atoms with Crippen LogP contribution < -0.4 is 10.6 Å². The first kappa shape index (κ1) is 26.7. The second-order valence-electron chi connectivity index (χ2n) is 10.5. The van der Waals surface area contributed by atoms with Crippen LogP contribution in [-0.2, 0) is 16.8 Å². The van der Waals surface area contributed by atoms with E-state index in [0.29, 0.717) is 11.5 Å². The lowest BCUT2D eigenvalue weighted by atomic mass is 9.92. The minimum absolute atomic E-state index is 0.128. The molecular weight excluding hydrogens is 474 g/mol. The van der Waals surface area contributed by atoms with Crippen molar-refractivity contribution in [2.45, 2.75) is 46.6 Å². The summed E-state index contributed by atoms with van der Waals surface area (Å²) < 4.78 is 1.74. The van der Waals surface area contributed by atoms with E-state index in [2.05, 4.69) is 31.4 Å². The van der Waals surface area contributed by atoms with Crippen LogP contribution in [-0.4, -0.2) is 33.2 Å². The Hall–Kier alpha value is -4.39. The highest BCUT2D eigenvalue weighted by Gasteiger charge is 2.23. The number of carbonyl (C=O) groups excluding carboxylic acids is 2. The lowest BCUT2D eigenvalue weighted by molar-refractivity contribution is -0.116. The second kappa shape index (κ2) is 11.3. The highest BCUT2D eigenvalue weighted by atomic mass is 16.2. The first-order valence-corrected chi connectivity index (χ1v) is 12.7. The summed E-state index contributed by atoms with van der Waals surface area (Å²) in [5.41, 5.74) is 5.22. The molecule has 1 heterocycles. The van der Waals surface area contributed by atoms with Crippen LogP contribution >= 0.6 is 0 Å². The fourth-order valence-corrected chi connectivity index (χ4v) is 3.99. The molecule has 1 aromatic heterocycles. The van der Waals surface area contributed by atoms with Gasteiger partial charge in [-0.25, -0.2) is 9.48 Å². The molecule has 0 aliphatic rings. The predicted molar refractivity (Wildman–Crippen MR) is 153 cm³/mol. The van der Waals surface area contributed by atoms with Crippen molar-refractivity contribution in [2.75, 3.05) is 17.2 Å². The number of para-hydroxylation sites is 1. The first-order chi connectivity index (χ1) is 18.1. The molecule has 0 aliphatic carbocycles. The molecule has 3 amide bonds. The number of hydrogen-bond acceptors (Lipinski definition) is 3. The third kappa shape index (κ3) is 6.68. The average molecular weight is 510 g/mol. The van der Waals surface area contributed by atoms with E-state index in [1.54, 1.807) is 4.68 Å². The number of benzene rings is 3. The minimum atomic E-state index is -0.347. The van der Waals surface area contributed by atoms with E-state index in [9.17, 15) is 9.59 Å². The number of hydrogen-bond donors (Lipinski definition) is 2. The Labute approximate surface area is 224 Å². The van der Waals surface area contributed by atoms with Crippen molar-refractivity contribution in [2.24, 2.45) is 0 Å². The Balaban J connectivity index is 1.58. The number of anilines is 2. The van der Waals surface area contributed by atoms with E-state index < -0.39 is 0 Å². The van der Waals surface area contributed by atoms with Crippen LogP contribution in [0.5, 0.6) is 0 Å². The third-order valence-corrected chi connectivity index (χ3v) is 6.25. The van der Waals surface area contributed by atoms with Crippen molar-refractivity contribution in [3.8, 4) is 5.69 Å². The molecule has 7 heteroatoms. The van der Waals surface area contributed by atoms with Crippen LogP contribution in [0.3, 0.4) is 0 Å². The number of carbonyl (C=O) groups is 2. The Kier molecular flexibility index (Phi) is 7.96. The predicted octanol–water partition coefficient (Wildman–Crippen LogP) is 6.46. The van der Waals surface area contributed by atoms with E-state index in [-0.39, 0.29) is 30.4 Å². The number of rotatable bonds is 7. The molecule has 0 saturated heterocycles. The summed E-state index contributed by atoms with van der Waals surface area (Å²) in [6.45, 7) is 10.4. The fraction of sp³-hybridized carbons (Fsp3) is 0.258. The summed E-state index contributed by atoms with van der Waals surface area (Å²) >= 11 is 0. The molecule has 0 bridgehead atoms. The molecule has 0 radical (unpaired) electrons. The van der Waals surface area contributed by atoms with Crippen molar-refractivity contribution in [3.05, 3.63) is 107 Å². The third-order valence-electron chi connectivity index (χ3n) is 6.25. The lowest BCUT2D eigenvalue weighted by Gasteiger charge is -2.23. The van der Waals surface area contributed by atoms with Gasteiger partial charge in [0.2, 0.25) is 5.91 Å². The summed E-state index contributed by atoms with van der Waals surface area (Å²) in [5, 5.41) is 10.7. The van der Waals surface area contributed by atoms with Gasteiger partial charge in [-0.3, -0.25) is 4.79 Å². The van der Waals surface area contributed by atoms with Gasteiger partial charge in [0.15, 0.2) is 0 Å². The molecule has 7 nitrogen and oxygen atoms in total. The second-order valence-corrected chi connectivity index (χ2v) is 10.5. The fourth-order valence-electron chi connectivity index (χ4n) is 3.99. The van der Waals surface area contributed by atoms with E-state index in [0.717, 1.165) is 28.1 Å². The van der Waals surface area contributed by atoms with Crippen molar-refractivity contribution in [1.82, 2.24) is 14.7 Å². The van der Waals surface area contributed by atoms with Gasteiger partial charge in [0.25, 0.3) is 0 Å². The minimum Gasteiger partial charge on any atom is -0.311 e. The van der Waals surface area contributed by atoms with Crippen LogP contribution in [0.1, 0.15) is 43.2 Å². The Morgan fingerprint density at radius 1 is 0.868 bits per heavy atom. The number of aryl methyl sites for hydroxylation is 2. The molecule has 196 valence electrons. The summed E-state index contributed by atoms with van der Waals surface area (Å²) in [5.74, 6) is 0.248. The van der Waals surface area contributed by atoms with Crippen molar-refractivity contribution >= 4 is 23.4 Å². The van der Waals surface area contributed by atoms with E-state index >= 15 is 0 Å². The Morgan fingerprint density at radius 2 is 1.53 bits per heavy atom. The molecule has 0 atom stereocenters. The molecule has 38 heavy (non-hydrogen) atoms. The van der Waals surface area contributed by atoms with Crippen LogP contribution in [0.15, 0.2) is 84.9 Å². The van der Waals surface area contributed by atoms with Gasteiger partial charge >= 0.3 is 6.03 Å². The maximum Gasteiger partial charge on any atom is 0.322 e. The van der Waals surface area contributed by atoms with Gasteiger partial charge in [-0.2, -0.15) is 5.10 Å². The number of urea groups is 1. The van der Waals surface area contributed by atoms with Crippen molar-refractivity contribution in [1.29, 1.82) is 0 Å². The van der Waals surface area contributed by atoms with E-state index in [1.165, 1.54) is 4.90 Å². The van der Waals surface area contributed by atoms with Gasteiger partial charge in [0.1, 0.15) is 12.4 Å². The van der Waals surface area contributed by atoms with Crippen molar-refractivity contribution < 1.29 is 9.59 Å². The van der Waals surface area contributed by atoms with Gasteiger partial charge in [0, 0.05) is 23.7 Å². The summed E-state index contributed by atoms with van der Waals surface area (Å²) in [7, 11) is 0. The molecule has 4 aromatic rings. The monoisotopic (exact) mass is 509 g/mol. The topological polar surface area (TPSA) is 79.3 Å². The maximum atomic E-state index is 13.4. The molecule has 0 unspecified atom stereocenters. The quantitative estimate of drug-likeness (QED) is 0.300. The molecule has 0 fully saturated rings. The molecule has 0 saturated carbocycles. The smallest absolute Gasteiger partial charge is 0.311 e. The Bertz CT molecular complexity index is 1400. The first-order valence-electron chi connectivity index (χ1n) is 12.7. The number of nitrogens with one attached hydrogen (secondary N) is 2. The van der Waals surface area contributed by atoms with Gasteiger partial charge < -0.3 is 15.5 Å². The molecule has 2 N–H and O–H groups in total. The molecular formula is C31H35N5O2. The average Bonchev–Trinajstić information content (AvgIpc) is 3.30. The van der Waals surface area contributed by atoms with Crippen LogP contribution in [0.4, 0.5) is 16.3 Å². The summed E-state index contributed by atoms with van der Waals surface area (Å²) in [4.78, 5) is 28.2. The zero-order valence-electron chi connectivity index (χ0n) is 22.7. The van der Waals surface area contributed by atoms with Gasteiger partial charge in [0.05, 0.1) is 11.4 Å². The highest BCUT2D eigenvalue weighted by molar-refractivity contribution is 5.97. The number of amides is 3. The number of nitrogens with zero attached hydrogens (tertiary/aromatic N) is 3. The normalized spacial score (nSPS) is 11.2. The lowest BCUT2D eigenvalue weighted by Crippen LogP contribution is -2.40. The number of aromatic nitrogens is 2. The standard InChI is InChI=1S/C31H35N5O2/c1-22-15-17-25(18-16-22)36-28(19-27(34-36)31(3,4)5)33-29(37)21-35(20-24-12-7-6-8-13-24)30(38)32-26-14-10-9-11-23(26)2/h6-19H,20-21H2,1-5H3,(H,32,38)(H,33,37). The maximum absolute atomic E-state index is 13.4. The van der Waals surface area contributed by atoms with Gasteiger partial charge in [-0.05, 0) is 43.2 Å². The van der Waals surface area contributed by atoms with Gasteiger partial charge in [-0.1, -0.05) is 87.0 Å². The molecule has 3 aromatic carbocycles. The highest BCUT2D eigenvalue weighted by Crippen LogP contribution is 2.26. The van der Waals surface area contributed by atoms with Crippen LogP contribution in [0.2, 0.25) is 0 Å². The Morgan fingerprint density at radius 3 is 2.18 bits per heavy atom. The molecule has 0 aliphatic heterocycles.